The fourth-order valence-corrected chi connectivity index (χ4v) is 8.70. The molecule has 1 unspecified atom stereocenters. The predicted molar refractivity (Wildman–Crippen MR) is 133 cm³/mol. The molecule has 2 aromatic carbocycles. The average Bonchev–Trinajstić information content (AvgIpc) is 2.90. The summed E-state index contributed by atoms with van der Waals surface area (Å²) in [5.41, 5.74) is -0.0307. The van der Waals surface area contributed by atoms with Crippen LogP contribution in [0.4, 0.5) is 0 Å². The van der Waals surface area contributed by atoms with E-state index >= 15 is 0 Å². The Hall–Kier alpha value is -1.66. The Morgan fingerprint density at radius 3 is 1.58 bits per heavy atom. The molecule has 1 atom stereocenters. The van der Waals surface area contributed by atoms with Crippen LogP contribution in [0.5, 0.6) is 0 Å². The zero-order valence-corrected chi connectivity index (χ0v) is 21.4. The van der Waals surface area contributed by atoms with Crippen LogP contribution in [0, 0.1) is 5.41 Å². The van der Waals surface area contributed by atoms with Gasteiger partial charge in [-0.1, -0.05) is 93.6 Å². The van der Waals surface area contributed by atoms with E-state index in [0.717, 1.165) is 15.9 Å². The lowest BCUT2D eigenvalue weighted by atomic mass is 9.86. The molecule has 5 heteroatoms. The van der Waals surface area contributed by atoms with Crippen LogP contribution < -0.4 is 10.4 Å². The molecule has 3 nitrogen and oxygen atoms in total. The molecular formula is C26H37BO3Si. The van der Waals surface area contributed by atoms with Crippen molar-refractivity contribution in [3.8, 4) is 0 Å². The lowest BCUT2D eigenvalue weighted by Gasteiger charge is -2.42. The number of benzene rings is 2. The highest BCUT2D eigenvalue weighted by atomic mass is 28.3. The van der Waals surface area contributed by atoms with E-state index in [1.807, 2.05) is 12.1 Å². The van der Waals surface area contributed by atoms with Gasteiger partial charge < -0.3 is 13.7 Å². The highest BCUT2D eigenvalue weighted by molar-refractivity contribution is 7.37. The van der Waals surface area contributed by atoms with Crippen molar-refractivity contribution in [2.24, 2.45) is 5.41 Å². The van der Waals surface area contributed by atoms with Crippen LogP contribution in [0.15, 0.2) is 72.8 Å². The summed E-state index contributed by atoms with van der Waals surface area (Å²) < 4.78 is 20.7. The van der Waals surface area contributed by atoms with E-state index < -0.39 is 26.1 Å². The van der Waals surface area contributed by atoms with Crippen LogP contribution in [-0.4, -0.2) is 32.2 Å². The first-order valence-corrected chi connectivity index (χ1v) is 13.1. The van der Waals surface area contributed by atoms with E-state index in [0.29, 0.717) is 0 Å². The summed E-state index contributed by atoms with van der Waals surface area (Å²) in [6.45, 7) is 20.8. The molecule has 0 bridgehead atoms. The minimum atomic E-state index is -3.03. The maximum atomic E-state index is 7.30. The first kappa shape index (κ1) is 24.0. The largest absolute Gasteiger partial charge is 0.479 e. The predicted octanol–water partition coefficient (Wildman–Crippen LogP) is 4.92. The second kappa shape index (κ2) is 8.36. The molecule has 0 spiro atoms. The topological polar surface area (TPSA) is 27.7 Å². The van der Waals surface area contributed by atoms with Crippen LogP contribution >= 0.6 is 0 Å². The summed E-state index contributed by atoms with van der Waals surface area (Å²) in [4.78, 5) is 0. The Kier molecular flexibility index (Phi) is 6.47. The second-order valence-electron chi connectivity index (χ2n) is 10.8. The van der Waals surface area contributed by atoms with Gasteiger partial charge in [0.2, 0.25) is 0 Å². The molecule has 0 aliphatic carbocycles. The standard InChI is InChI=1S/C26H37BO3Si/c1-20(2)23(24(3,4)5)28-31(21-16-12-10-13-17-21,22-18-14-11-15-19-22)27-29-25(6,7)26(8,9)30-27/h10-19,23H,1H2,2-9H3. The van der Waals surface area contributed by atoms with Crippen LogP contribution in [0.25, 0.3) is 0 Å². The summed E-state index contributed by atoms with van der Waals surface area (Å²) in [5.74, 6) is 0. The van der Waals surface area contributed by atoms with Gasteiger partial charge in [0.25, 0.3) is 8.19 Å². The lowest BCUT2D eigenvalue weighted by Crippen LogP contribution is -2.74. The van der Waals surface area contributed by atoms with Gasteiger partial charge in [-0.05, 0) is 50.4 Å². The molecule has 1 aliphatic rings. The first-order chi connectivity index (χ1) is 14.3. The van der Waals surface area contributed by atoms with Gasteiger partial charge in [-0.3, -0.25) is 0 Å². The molecule has 2 aromatic rings. The Morgan fingerprint density at radius 2 is 1.26 bits per heavy atom. The number of hydrogen-bond acceptors (Lipinski definition) is 3. The van der Waals surface area contributed by atoms with Crippen LogP contribution in [-0.2, 0) is 13.7 Å². The third kappa shape index (κ3) is 4.47. The summed E-state index contributed by atoms with van der Waals surface area (Å²) in [7, 11) is -3.03. The molecule has 1 aliphatic heterocycles. The lowest BCUT2D eigenvalue weighted by molar-refractivity contribution is 0.00578. The SMILES string of the molecule is C=C(C)C(O[Si](B1OC(C)(C)C(C)(C)O1)(c1ccccc1)c1ccccc1)C(C)(C)C. The van der Waals surface area contributed by atoms with Gasteiger partial charge in [-0.25, -0.2) is 0 Å². The Morgan fingerprint density at radius 1 is 0.871 bits per heavy atom. The highest BCUT2D eigenvalue weighted by Crippen LogP contribution is 2.41. The van der Waals surface area contributed by atoms with Crippen molar-refractivity contribution in [3.05, 3.63) is 72.8 Å². The van der Waals surface area contributed by atoms with E-state index in [9.17, 15) is 0 Å². The molecular weight excluding hydrogens is 399 g/mol. The van der Waals surface area contributed by atoms with E-state index in [1.54, 1.807) is 0 Å². The van der Waals surface area contributed by atoms with Crippen molar-refractivity contribution in [1.29, 1.82) is 0 Å². The Balaban J connectivity index is 2.29. The van der Waals surface area contributed by atoms with Crippen molar-refractivity contribution >= 4 is 25.3 Å². The minimum Gasteiger partial charge on any atom is -0.404 e. The van der Waals surface area contributed by atoms with Crippen molar-refractivity contribution in [1.82, 2.24) is 0 Å². The molecule has 0 amide bonds. The maximum absolute atomic E-state index is 7.30. The quantitative estimate of drug-likeness (QED) is 0.475. The molecule has 1 saturated heterocycles. The average molecular weight is 436 g/mol. The van der Waals surface area contributed by atoms with Gasteiger partial charge in [-0.2, -0.15) is 0 Å². The fourth-order valence-electron chi connectivity index (χ4n) is 4.21. The van der Waals surface area contributed by atoms with Gasteiger partial charge in [-0.15, -0.1) is 0 Å². The first-order valence-electron chi connectivity index (χ1n) is 11.1. The molecule has 0 saturated carbocycles. The summed E-state index contributed by atoms with van der Waals surface area (Å²) in [5, 5.41) is 2.27. The zero-order chi connectivity index (χ0) is 23.1. The molecule has 1 heterocycles. The highest BCUT2D eigenvalue weighted by Gasteiger charge is 2.65. The smallest absolute Gasteiger partial charge is 0.404 e. The Bertz CT molecular complexity index is 848. The number of hydrogen-bond donors (Lipinski definition) is 0. The van der Waals surface area contributed by atoms with Crippen LogP contribution in [0.3, 0.4) is 0 Å². The van der Waals surface area contributed by atoms with Gasteiger partial charge in [0, 0.05) is 0 Å². The van der Waals surface area contributed by atoms with E-state index in [4.69, 9.17) is 13.7 Å². The van der Waals surface area contributed by atoms with Crippen LogP contribution in [0.1, 0.15) is 55.4 Å². The molecule has 1 fully saturated rings. The van der Waals surface area contributed by atoms with E-state index in [-0.39, 0.29) is 11.5 Å². The van der Waals surface area contributed by atoms with E-state index in [1.165, 1.54) is 0 Å². The monoisotopic (exact) mass is 436 g/mol. The van der Waals surface area contributed by atoms with Crippen LogP contribution in [0.2, 0.25) is 0 Å². The minimum absolute atomic E-state index is 0.128. The fraction of sp³-hybridized carbons (Fsp3) is 0.462. The third-order valence-corrected chi connectivity index (χ3v) is 10.4. The Labute approximate surface area is 190 Å². The molecule has 31 heavy (non-hydrogen) atoms. The molecule has 3 rings (SSSR count). The van der Waals surface area contributed by atoms with Gasteiger partial charge in [0.15, 0.2) is 0 Å². The summed E-state index contributed by atoms with van der Waals surface area (Å²) >= 11 is 0. The second-order valence-corrected chi connectivity index (χ2v) is 14.1. The third-order valence-electron chi connectivity index (χ3n) is 6.53. The van der Waals surface area contributed by atoms with Crippen molar-refractivity contribution in [2.45, 2.75) is 72.7 Å². The van der Waals surface area contributed by atoms with Gasteiger partial charge in [0.1, 0.15) is 0 Å². The maximum Gasteiger partial charge on any atom is 0.479 e. The van der Waals surface area contributed by atoms with Crippen molar-refractivity contribution < 1.29 is 13.7 Å². The van der Waals surface area contributed by atoms with Gasteiger partial charge in [0.05, 0.1) is 17.3 Å². The van der Waals surface area contributed by atoms with Crippen molar-refractivity contribution in [3.63, 3.8) is 0 Å². The summed E-state index contributed by atoms with van der Waals surface area (Å²) in [6.07, 6.45) is -0.154. The number of rotatable bonds is 6. The summed E-state index contributed by atoms with van der Waals surface area (Å²) in [6, 6.07) is 21.0. The molecule has 0 radical (unpaired) electrons. The zero-order valence-electron chi connectivity index (χ0n) is 20.4. The van der Waals surface area contributed by atoms with Gasteiger partial charge >= 0.3 is 6.71 Å². The normalized spacial score (nSPS) is 19.3. The molecule has 0 aromatic heterocycles. The van der Waals surface area contributed by atoms with E-state index in [2.05, 4.69) is 110 Å². The molecule has 0 N–H and O–H groups in total. The van der Waals surface area contributed by atoms with Crippen molar-refractivity contribution in [2.75, 3.05) is 0 Å². The molecule has 166 valence electrons.